The molecule has 0 amide bonds. The number of rotatable bonds is 2. The summed E-state index contributed by atoms with van der Waals surface area (Å²) in [7, 11) is 0. The number of aromatic nitrogens is 2. The molecule has 0 spiro atoms. The van der Waals surface area contributed by atoms with Gasteiger partial charge in [0.2, 0.25) is 0 Å². The summed E-state index contributed by atoms with van der Waals surface area (Å²) in [4.78, 5) is 10.9. The van der Waals surface area contributed by atoms with Crippen LogP contribution in [0.5, 0.6) is 0 Å². The maximum atomic E-state index is 10.9. The van der Waals surface area contributed by atoms with E-state index in [-0.39, 0.29) is 17.3 Å². The second-order valence-electron chi connectivity index (χ2n) is 4.59. The molecule has 0 aliphatic heterocycles. The number of aromatic amines is 1. The Bertz CT molecular complexity index is 381. The molecule has 2 rings (SSSR count). The molecule has 4 nitrogen and oxygen atoms in total. The Balaban J connectivity index is 2.27. The van der Waals surface area contributed by atoms with E-state index in [0.29, 0.717) is 0 Å². The SMILES string of the molecule is Cc1cc([C@H]2[C@H](C(=O)O)C2(C)C)n[nH]1. The van der Waals surface area contributed by atoms with E-state index in [1.165, 1.54) is 0 Å². The van der Waals surface area contributed by atoms with Gasteiger partial charge in [-0.2, -0.15) is 5.10 Å². The van der Waals surface area contributed by atoms with E-state index in [0.717, 1.165) is 11.4 Å². The predicted octanol–water partition coefficient (Wildman–Crippen LogP) is 1.54. The number of nitrogens with one attached hydrogen (secondary N) is 1. The second-order valence-corrected chi connectivity index (χ2v) is 4.59. The van der Waals surface area contributed by atoms with Crippen molar-refractivity contribution in [1.29, 1.82) is 0 Å². The Hall–Kier alpha value is -1.32. The van der Waals surface area contributed by atoms with Gasteiger partial charge in [-0.1, -0.05) is 13.8 Å². The third kappa shape index (κ3) is 1.14. The van der Waals surface area contributed by atoms with Crippen LogP contribution < -0.4 is 0 Å². The lowest BCUT2D eigenvalue weighted by atomic mass is 10.1. The lowest BCUT2D eigenvalue weighted by Crippen LogP contribution is -2.03. The quantitative estimate of drug-likeness (QED) is 0.750. The zero-order chi connectivity index (χ0) is 10.5. The highest BCUT2D eigenvalue weighted by Crippen LogP contribution is 2.63. The number of H-pyrrole nitrogens is 1. The Labute approximate surface area is 82.3 Å². The lowest BCUT2D eigenvalue weighted by Gasteiger charge is -1.97. The Morgan fingerprint density at radius 1 is 1.64 bits per heavy atom. The summed E-state index contributed by atoms with van der Waals surface area (Å²) < 4.78 is 0. The monoisotopic (exact) mass is 194 g/mol. The first-order chi connectivity index (χ1) is 6.44. The molecule has 1 aromatic heterocycles. The molecule has 2 atom stereocenters. The van der Waals surface area contributed by atoms with Gasteiger partial charge in [-0.15, -0.1) is 0 Å². The molecular weight excluding hydrogens is 180 g/mol. The molecule has 1 fully saturated rings. The molecule has 1 aliphatic carbocycles. The second kappa shape index (κ2) is 2.59. The smallest absolute Gasteiger partial charge is 0.307 e. The highest BCUT2D eigenvalue weighted by molar-refractivity contribution is 5.77. The van der Waals surface area contributed by atoms with Crippen LogP contribution in [0, 0.1) is 18.3 Å². The third-order valence-electron chi connectivity index (χ3n) is 3.14. The van der Waals surface area contributed by atoms with Gasteiger partial charge in [-0.3, -0.25) is 9.89 Å². The zero-order valence-corrected chi connectivity index (χ0v) is 8.53. The third-order valence-corrected chi connectivity index (χ3v) is 3.14. The van der Waals surface area contributed by atoms with Gasteiger partial charge in [0.05, 0.1) is 11.6 Å². The molecule has 0 bridgehead atoms. The maximum absolute atomic E-state index is 10.9. The highest BCUT2D eigenvalue weighted by atomic mass is 16.4. The summed E-state index contributed by atoms with van der Waals surface area (Å²) in [5, 5.41) is 16.0. The standard InChI is InChI=1S/C10H14N2O2/c1-5-4-6(12-11-5)7-8(9(13)14)10(7,2)3/h4,7-8H,1-3H3,(H,11,12)(H,13,14)/t7-,8+/m0/s1. The maximum Gasteiger partial charge on any atom is 0.307 e. The first-order valence-electron chi connectivity index (χ1n) is 4.69. The van der Waals surface area contributed by atoms with Crippen LogP contribution in [-0.2, 0) is 4.79 Å². The minimum atomic E-state index is -0.722. The first kappa shape index (κ1) is 9.24. The molecule has 1 aromatic rings. The summed E-state index contributed by atoms with van der Waals surface area (Å²) in [5.41, 5.74) is 1.69. The van der Waals surface area contributed by atoms with E-state index in [2.05, 4.69) is 10.2 Å². The molecule has 1 saturated carbocycles. The molecule has 0 saturated heterocycles. The molecule has 4 heteroatoms. The van der Waals surface area contributed by atoms with E-state index >= 15 is 0 Å². The number of carboxylic acids is 1. The number of aliphatic carboxylic acids is 1. The minimum Gasteiger partial charge on any atom is -0.481 e. The normalized spacial score (nSPS) is 28.8. The van der Waals surface area contributed by atoms with Crippen molar-refractivity contribution in [2.45, 2.75) is 26.7 Å². The number of carboxylic acid groups (broad SMARTS) is 1. The number of carbonyl (C=O) groups is 1. The Kier molecular flexibility index (Phi) is 1.71. The fourth-order valence-corrected chi connectivity index (χ4v) is 2.25. The van der Waals surface area contributed by atoms with E-state index in [9.17, 15) is 4.79 Å². The summed E-state index contributed by atoms with van der Waals surface area (Å²) in [5.74, 6) is -0.948. The van der Waals surface area contributed by atoms with Gasteiger partial charge in [-0.25, -0.2) is 0 Å². The van der Waals surface area contributed by atoms with Crippen LogP contribution >= 0.6 is 0 Å². The van der Waals surface area contributed by atoms with Crippen LogP contribution in [-0.4, -0.2) is 21.3 Å². The average Bonchev–Trinajstić information content (AvgIpc) is 2.42. The van der Waals surface area contributed by atoms with Gasteiger partial charge in [0.25, 0.3) is 0 Å². The van der Waals surface area contributed by atoms with E-state index in [4.69, 9.17) is 5.11 Å². The summed E-state index contributed by atoms with van der Waals surface area (Å²) in [6.07, 6.45) is 0. The summed E-state index contributed by atoms with van der Waals surface area (Å²) >= 11 is 0. The fraction of sp³-hybridized carbons (Fsp3) is 0.600. The molecule has 14 heavy (non-hydrogen) atoms. The number of aryl methyl sites for hydroxylation is 1. The number of hydrogen-bond donors (Lipinski definition) is 2. The largest absolute Gasteiger partial charge is 0.481 e. The lowest BCUT2D eigenvalue weighted by molar-refractivity contribution is -0.139. The molecule has 76 valence electrons. The molecule has 2 N–H and O–H groups in total. The van der Waals surface area contributed by atoms with Gasteiger partial charge >= 0.3 is 5.97 Å². The summed E-state index contributed by atoms with van der Waals surface area (Å²) in [6.45, 7) is 5.86. The number of nitrogens with zero attached hydrogens (tertiary/aromatic N) is 1. The molecule has 0 unspecified atom stereocenters. The predicted molar refractivity (Wildman–Crippen MR) is 51.0 cm³/mol. The van der Waals surface area contributed by atoms with Crippen molar-refractivity contribution in [3.05, 3.63) is 17.5 Å². The minimum absolute atomic E-state index is 0.0601. The van der Waals surface area contributed by atoms with Crippen molar-refractivity contribution in [1.82, 2.24) is 10.2 Å². The molecular formula is C10H14N2O2. The van der Waals surface area contributed by atoms with E-state index in [1.54, 1.807) is 0 Å². The van der Waals surface area contributed by atoms with Gasteiger partial charge in [0, 0.05) is 11.6 Å². The van der Waals surface area contributed by atoms with Crippen molar-refractivity contribution >= 4 is 5.97 Å². The zero-order valence-electron chi connectivity index (χ0n) is 8.53. The molecule has 1 aliphatic rings. The van der Waals surface area contributed by atoms with Crippen LogP contribution in [0.3, 0.4) is 0 Å². The van der Waals surface area contributed by atoms with Gasteiger partial charge in [0.1, 0.15) is 0 Å². The van der Waals surface area contributed by atoms with Crippen LogP contribution in [0.15, 0.2) is 6.07 Å². The highest BCUT2D eigenvalue weighted by Gasteiger charge is 2.63. The van der Waals surface area contributed by atoms with Gasteiger partial charge in [-0.05, 0) is 18.4 Å². The van der Waals surface area contributed by atoms with Crippen LogP contribution in [0.4, 0.5) is 0 Å². The average molecular weight is 194 g/mol. The van der Waals surface area contributed by atoms with Crippen molar-refractivity contribution in [2.75, 3.05) is 0 Å². The Morgan fingerprint density at radius 3 is 2.64 bits per heavy atom. The fourth-order valence-electron chi connectivity index (χ4n) is 2.25. The van der Waals surface area contributed by atoms with E-state index in [1.807, 2.05) is 26.8 Å². The van der Waals surface area contributed by atoms with Crippen molar-refractivity contribution in [3.63, 3.8) is 0 Å². The molecule has 1 heterocycles. The van der Waals surface area contributed by atoms with Crippen molar-refractivity contribution in [2.24, 2.45) is 11.3 Å². The topological polar surface area (TPSA) is 66.0 Å². The van der Waals surface area contributed by atoms with Crippen LogP contribution in [0.25, 0.3) is 0 Å². The van der Waals surface area contributed by atoms with Crippen LogP contribution in [0.2, 0.25) is 0 Å². The van der Waals surface area contributed by atoms with Crippen molar-refractivity contribution in [3.8, 4) is 0 Å². The molecule has 0 radical (unpaired) electrons. The number of hydrogen-bond acceptors (Lipinski definition) is 2. The van der Waals surface area contributed by atoms with Crippen LogP contribution in [0.1, 0.15) is 31.2 Å². The first-order valence-corrected chi connectivity index (χ1v) is 4.69. The summed E-state index contributed by atoms with van der Waals surface area (Å²) in [6, 6.07) is 1.93. The van der Waals surface area contributed by atoms with Crippen molar-refractivity contribution < 1.29 is 9.90 Å². The van der Waals surface area contributed by atoms with Gasteiger partial charge in [0.15, 0.2) is 0 Å². The Morgan fingerprint density at radius 2 is 2.29 bits per heavy atom. The van der Waals surface area contributed by atoms with Gasteiger partial charge < -0.3 is 5.11 Å². The molecule has 0 aromatic carbocycles. The van der Waals surface area contributed by atoms with E-state index < -0.39 is 5.97 Å².